The van der Waals surface area contributed by atoms with E-state index in [0.717, 1.165) is 6.42 Å². The van der Waals surface area contributed by atoms with Crippen molar-refractivity contribution in [1.29, 1.82) is 0 Å². The molecule has 136 valence electrons. The molecule has 0 fully saturated rings. The van der Waals surface area contributed by atoms with Crippen molar-refractivity contribution in [2.45, 2.75) is 39.4 Å². The number of hydrogen-bond donors (Lipinski definition) is 0. The molecule has 0 radical (unpaired) electrons. The highest BCUT2D eigenvalue weighted by Crippen LogP contribution is 2.55. The van der Waals surface area contributed by atoms with Crippen LogP contribution in [0.3, 0.4) is 0 Å². The first-order valence-corrected chi connectivity index (χ1v) is 11.2. The van der Waals surface area contributed by atoms with Gasteiger partial charge < -0.3 is 0 Å². The Morgan fingerprint density at radius 2 is 1.81 bits per heavy atom. The molecule has 3 aliphatic carbocycles. The molecule has 0 N–H and O–H groups in total. The smallest absolute Gasteiger partial charge is 0.0542 e. The van der Waals surface area contributed by atoms with Crippen molar-refractivity contribution in [2.24, 2.45) is 5.41 Å². The van der Waals surface area contributed by atoms with Crippen molar-refractivity contribution in [3.63, 3.8) is 0 Å². The van der Waals surface area contributed by atoms with Crippen molar-refractivity contribution in [3.05, 3.63) is 96.4 Å². The molecule has 0 nitrogen and oxygen atoms in total. The van der Waals surface area contributed by atoms with Gasteiger partial charge in [-0.25, -0.2) is 0 Å². The minimum absolute atomic E-state index is 0.0267. The molecule has 1 heterocycles. The number of thioether (sulfide) groups is 1. The second-order valence-corrected chi connectivity index (χ2v) is 11.0. The van der Waals surface area contributed by atoms with E-state index in [4.69, 9.17) is 0 Å². The Morgan fingerprint density at radius 1 is 1.04 bits per heavy atom. The summed E-state index contributed by atoms with van der Waals surface area (Å²) in [6.07, 6.45) is 10.7. The number of benzene rings is 1. The molecule has 0 aromatic heterocycles. The summed E-state index contributed by atoms with van der Waals surface area (Å²) in [6.45, 7) is 9.40. The third-order valence-corrected chi connectivity index (χ3v) is 8.25. The fourth-order valence-corrected chi connectivity index (χ4v) is 6.91. The molecule has 2 heteroatoms. The lowest BCUT2D eigenvalue weighted by Crippen LogP contribution is -2.22. The first kappa shape index (κ1) is 17.6. The minimum atomic E-state index is 0.0267. The number of halogens is 1. The maximum Gasteiger partial charge on any atom is 0.0542 e. The van der Waals surface area contributed by atoms with Crippen molar-refractivity contribution in [1.82, 2.24) is 0 Å². The van der Waals surface area contributed by atoms with E-state index in [1.165, 1.54) is 54.0 Å². The van der Waals surface area contributed by atoms with Crippen LogP contribution in [0, 0.1) is 5.41 Å². The molecule has 1 aliphatic heterocycles. The molecule has 27 heavy (non-hydrogen) atoms. The lowest BCUT2D eigenvalue weighted by molar-refractivity contribution is 0.538. The average Bonchev–Trinajstić information content (AvgIpc) is 3.29. The SMILES string of the molecule is CC1=C(C(C)(C)C2=Cc3ccccc3C2)C2=CC3SC(Br)=CC3=C(C)C2=C1. The van der Waals surface area contributed by atoms with Crippen molar-refractivity contribution in [2.75, 3.05) is 0 Å². The number of fused-ring (bicyclic) bond motifs is 3. The van der Waals surface area contributed by atoms with Crippen molar-refractivity contribution >= 4 is 33.8 Å². The van der Waals surface area contributed by atoms with Gasteiger partial charge in [0, 0.05) is 5.41 Å². The van der Waals surface area contributed by atoms with Crippen LogP contribution in [-0.4, -0.2) is 5.25 Å². The van der Waals surface area contributed by atoms with Crippen LogP contribution in [0.15, 0.2) is 85.3 Å². The van der Waals surface area contributed by atoms with E-state index < -0.39 is 0 Å². The number of rotatable bonds is 2. The van der Waals surface area contributed by atoms with E-state index in [9.17, 15) is 0 Å². The standard InChI is InChI=1S/C25H23BrS/c1-14-9-19-15(2)20-13-23(26)27-22(20)12-21(19)24(14)25(3,4)18-10-16-7-5-6-8-17(16)11-18/h5-10,12-13,22H,11H2,1-4H3. The van der Waals surface area contributed by atoms with E-state index in [1.54, 1.807) is 0 Å². The van der Waals surface area contributed by atoms with Crippen LogP contribution in [0.2, 0.25) is 0 Å². The van der Waals surface area contributed by atoms with E-state index in [2.05, 4.69) is 92.2 Å². The second-order valence-electron chi connectivity index (χ2n) is 8.43. The van der Waals surface area contributed by atoms with Crippen LogP contribution in [-0.2, 0) is 6.42 Å². The number of allylic oxidation sites excluding steroid dienone is 8. The maximum absolute atomic E-state index is 3.69. The largest absolute Gasteiger partial charge is 0.106 e. The first-order chi connectivity index (χ1) is 12.9. The quantitative estimate of drug-likeness (QED) is 0.463. The molecule has 0 spiro atoms. The van der Waals surface area contributed by atoms with Crippen molar-refractivity contribution in [3.8, 4) is 0 Å². The Balaban J connectivity index is 1.56. The summed E-state index contributed by atoms with van der Waals surface area (Å²) < 4.78 is 1.25. The Hall–Kier alpha value is -1.51. The van der Waals surface area contributed by atoms with Crippen LogP contribution in [0.5, 0.6) is 0 Å². The summed E-state index contributed by atoms with van der Waals surface area (Å²) >= 11 is 5.61. The average molecular weight is 435 g/mol. The highest BCUT2D eigenvalue weighted by atomic mass is 79.9. The first-order valence-electron chi connectivity index (χ1n) is 9.56. The molecule has 1 unspecified atom stereocenters. The van der Waals surface area contributed by atoms with Gasteiger partial charge in [0.2, 0.25) is 0 Å². The van der Waals surface area contributed by atoms with Gasteiger partial charge in [0.1, 0.15) is 0 Å². The molecule has 1 atom stereocenters. The van der Waals surface area contributed by atoms with Gasteiger partial charge in [0.25, 0.3) is 0 Å². The third-order valence-electron chi connectivity index (χ3n) is 6.48. The van der Waals surface area contributed by atoms with Crippen LogP contribution >= 0.6 is 27.7 Å². The summed E-state index contributed by atoms with van der Waals surface area (Å²) in [4.78, 5) is 0. The van der Waals surface area contributed by atoms with Gasteiger partial charge in [-0.3, -0.25) is 0 Å². The predicted molar refractivity (Wildman–Crippen MR) is 122 cm³/mol. The molecule has 0 bridgehead atoms. The van der Waals surface area contributed by atoms with Crippen molar-refractivity contribution < 1.29 is 0 Å². The molecular weight excluding hydrogens is 412 g/mol. The zero-order valence-electron chi connectivity index (χ0n) is 16.2. The van der Waals surface area contributed by atoms with Gasteiger partial charge in [-0.1, -0.05) is 61.9 Å². The van der Waals surface area contributed by atoms with Gasteiger partial charge in [-0.05, 0) is 86.8 Å². The monoisotopic (exact) mass is 434 g/mol. The lowest BCUT2D eigenvalue weighted by atomic mass is 9.71. The summed E-state index contributed by atoms with van der Waals surface area (Å²) in [5.74, 6) is 0. The van der Waals surface area contributed by atoms with Gasteiger partial charge in [0.15, 0.2) is 0 Å². The zero-order chi connectivity index (χ0) is 18.9. The molecule has 4 aliphatic rings. The predicted octanol–water partition coefficient (Wildman–Crippen LogP) is 7.52. The highest BCUT2D eigenvalue weighted by molar-refractivity contribution is 9.14. The van der Waals surface area contributed by atoms with Crippen LogP contribution in [0.25, 0.3) is 6.08 Å². The molecule has 0 saturated heterocycles. The summed E-state index contributed by atoms with van der Waals surface area (Å²) in [7, 11) is 0. The summed E-state index contributed by atoms with van der Waals surface area (Å²) in [5, 5.41) is 0.443. The van der Waals surface area contributed by atoms with E-state index in [0.29, 0.717) is 5.25 Å². The molecule has 1 aromatic carbocycles. The normalized spacial score (nSPS) is 23.7. The van der Waals surface area contributed by atoms with E-state index in [-0.39, 0.29) is 5.41 Å². The topological polar surface area (TPSA) is 0 Å². The summed E-state index contributed by atoms with van der Waals surface area (Å²) in [6, 6.07) is 8.82. The second kappa shape index (κ2) is 5.99. The molecular formula is C25H23BrS. The maximum atomic E-state index is 3.69. The highest BCUT2D eigenvalue weighted by Gasteiger charge is 2.40. The lowest BCUT2D eigenvalue weighted by Gasteiger charge is -2.33. The Morgan fingerprint density at radius 3 is 2.59 bits per heavy atom. The van der Waals surface area contributed by atoms with Gasteiger partial charge in [-0.2, -0.15) is 0 Å². The van der Waals surface area contributed by atoms with Gasteiger partial charge in [0.05, 0.1) is 9.06 Å². The fraction of sp³-hybridized carbons (Fsp3) is 0.280. The van der Waals surface area contributed by atoms with Crippen LogP contribution < -0.4 is 0 Å². The molecule has 0 amide bonds. The zero-order valence-corrected chi connectivity index (χ0v) is 18.6. The molecule has 0 saturated carbocycles. The fourth-order valence-electron chi connectivity index (χ4n) is 5.04. The van der Waals surface area contributed by atoms with Crippen LogP contribution in [0.4, 0.5) is 0 Å². The Labute approximate surface area is 174 Å². The van der Waals surface area contributed by atoms with Gasteiger partial charge >= 0.3 is 0 Å². The Bertz CT molecular complexity index is 1070. The molecule has 1 aromatic rings. The third kappa shape index (κ3) is 2.57. The Kier molecular flexibility index (Phi) is 3.90. The van der Waals surface area contributed by atoms with E-state index >= 15 is 0 Å². The number of hydrogen-bond acceptors (Lipinski definition) is 1. The summed E-state index contributed by atoms with van der Waals surface area (Å²) in [5.41, 5.74) is 13.1. The van der Waals surface area contributed by atoms with E-state index in [1.807, 2.05) is 11.8 Å². The molecule has 5 rings (SSSR count). The van der Waals surface area contributed by atoms with Crippen LogP contribution in [0.1, 0.15) is 38.8 Å². The van der Waals surface area contributed by atoms with Gasteiger partial charge in [-0.15, -0.1) is 11.8 Å². The minimum Gasteiger partial charge on any atom is -0.106 e.